The molecule has 0 aliphatic heterocycles. The molecular formula is C25H32N2. The molecule has 0 amide bonds. The van der Waals surface area contributed by atoms with E-state index in [1.54, 1.807) is 0 Å². The summed E-state index contributed by atoms with van der Waals surface area (Å²) in [6, 6.07) is 18.6. The Hall–Kier alpha value is -2.06. The number of nitrogens with one attached hydrogen (secondary N) is 1. The molecule has 0 spiro atoms. The molecule has 0 aromatic heterocycles. The van der Waals surface area contributed by atoms with Crippen LogP contribution in [-0.4, -0.2) is 30.6 Å². The largest absolute Gasteiger partial charge is 0.372 e. The van der Waals surface area contributed by atoms with Gasteiger partial charge in [0.05, 0.1) is 0 Å². The Morgan fingerprint density at radius 1 is 1.04 bits per heavy atom. The molecule has 2 aromatic carbocycles. The lowest BCUT2D eigenvalue weighted by Gasteiger charge is -2.28. The van der Waals surface area contributed by atoms with Gasteiger partial charge in [-0.1, -0.05) is 62.0 Å². The van der Waals surface area contributed by atoms with E-state index in [9.17, 15) is 0 Å². The van der Waals surface area contributed by atoms with E-state index >= 15 is 0 Å². The maximum atomic E-state index is 4.49. The monoisotopic (exact) mass is 360 g/mol. The standard InChI is InChI=1S/C25H32N2/c1-3-26-17-8-18-27(20-14-15-20)19(2)13-16-25-23-11-6-4-9-21(23)22-10-5-7-12-24(22)25/h4-7,9-12,20,25-26H,2-3,8,13-18H2,1H3. The predicted octanol–water partition coefficient (Wildman–Crippen LogP) is 5.56. The second kappa shape index (κ2) is 8.31. The zero-order chi connectivity index (χ0) is 18.6. The van der Waals surface area contributed by atoms with Crippen LogP contribution in [0.4, 0.5) is 0 Å². The summed E-state index contributed by atoms with van der Waals surface area (Å²) >= 11 is 0. The van der Waals surface area contributed by atoms with E-state index in [-0.39, 0.29) is 0 Å². The van der Waals surface area contributed by atoms with E-state index in [1.165, 1.54) is 47.2 Å². The van der Waals surface area contributed by atoms with Crippen molar-refractivity contribution in [3.8, 4) is 11.1 Å². The topological polar surface area (TPSA) is 15.3 Å². The highest BCUT2D eigenvalue weighted by molar-refractivity contribution is 5.78. The van der Waals surface area contributed by atoms with E-state index in [2.05, 4.69) is 72.3 Å². The zero-order valence-electron chi connectivity index (χ0n) is 16.6. The quantitative estimate of drug-likeness (QED) is 0.558. The minimum Gasteiger partial charge on any atom is -0.372 e. The Kier molecular flexibility index (Phi) is 5.63. The first-order chi connectivity index (χ1) is 13.3. The third-order valence-corrected chi connectivity index (χ3v) is 6.08. The summed E-state index contributed by atoms with van der Waals surface area (Å²) in [6.45, 7) is 9.98. The van der Waals surface area contributed by atoms with Gasteiger partial charge in [0.1, 0.15) is 0 Å². The average Bonchev–Trinajstić information content (AvgIpc) is 3.49. The van der Waals surface area contributed by atoms with Crippen molar-refractivity contribution in [2.75, 3.05) is 19.6 Å². The summed E-state index contributed by atoms with van der Waals surface area (Å²) < 4.78 is 0. The van der Waals surface area contributed by atoms with Crippen molar-refractivity contribution in [1.82, 2.24) is 10.2 Å². The van der Waals surface area contributed by atoms with E-state index in [1.807, 2.05) is 0 Å². The van der Waals surface area contributed by atoms with E-state index in [0.717, 1.165) is 38.5 Å². The molecule has 1 saturated carbocycles. The smallest absolute Gasteiger partial charge is 0.0288 e. The van der Waals surface area contributed by atoms with Gasteiger partial charge in [0, 0.05) is 24.2 Å². The fraction of sp³-hybridized carbons (Fsp3) is 0.440. The summed E-state index contributed by atoms with van der Waals surface area (Å²) in [5.74, 6) is 0.511. The van der Waals surface area contributed by atoms with Crippen molar-refractivity contribution in [3.05, 3.63) is 71.9 Å². The summed E-state index contributed by atoms with van der Waals surface area (Å²) in [6.07, 6.45) is 6.14. The van der Waals surface area contributed by atoms with Crippen LogP contribution in [0.2, 0.25) is 0 Å². The Labute approximate surface area is 164 Å². The number of rotatable bonds is 10. The van der Waals surface area contributed by atoms with Gasteiger partial charge in [-0.25, -0.2) is 0 Å². The highest BCUT2D eigenvalue weighted by Crippen LogP contribution is 2.47. The van der Waals surface area contributed by atoms with Crippen LogP contribution in [0.3, 0.4) is 0 Å². The minimum atomic E-state index is 0.511. The number of nitrogens with zero attached hydrogens (tertiary/aromatic N) is 1. The van der Waals surface area contributed by atoms with Crippen LogP contribution in [0.5, 0.6) is 0 Å². The summed E-state index contributed by atoms with van der Waals surface area (Å²) in [5.41, 5.74) is 7.19. The molecule has 142 valence electrons. The van der Waals surface area contributed by atoms with E-state index in [0.29, 0.717) is 5.92 Å². The van der Waals surface area contributed by atoms with Crippen molar-refractivity contribution in [2.45, 2.75) is 51.0 Å². The van der Waals surface area contributed by atoms with Crippen LogP contribution in [0, 0.1) is 0 Å². The van der Waals surface area contributed by atoms with E-state index in [4.69, 9.17) is 0 Å². The van der Waals surface area contributed by atoms with Crippen molar-refractivity contribution >= 4 is 0 Å². The van der Waals surface area contributed by atoms with Gasteiger partial charge >= 0.3 is 0 Å². The average molecular weight is 361 g/mol. The maximum Gasteiger partial charge on any atom is 0.0288 e. The van der Waals surface area contributed by atoms with Crippen LogP contribution in [0.15, 0.2) is 60.8 Å². The van der Waals surface area contributed by atoms with Crippen LogP contribution in [0.1, 0.15) is 56.1 Å². The Morgan fingerprint density at radius 3 is 2.26 bits per heavy atom. The van der Waals surface area contributed by atoms with Gasteiger partial charge in [-0.3, -0.25) is 0 Å². The number of benzene rings is 2. The zero-order valence-corrected chi connectivity index (χ0v) is 16.6. The summed E-state index contributed by atoms with van der Waals surface area (Å²) in [7, 11) is 0. The lowest BCUT2D eigenvalue weighted by atomic mass is 9.91. The third-order valence-electron chi connectivity index (χ3n) is 6.08. The van der Waals surface area contributed by atoms with Crippen LogP contribution in [-0.2, 0) is 0 Å². The molecule has 4 rings (SSSR count). The lowest BCUT2D eigenvalue weighted by Crippen LogP contribution is -2.29. The normalized spacial score (nSPS) is 15.4. The molecule has 0 heterocycles. The molecule has 1 N–H and O–H groups in total. The van der Waals surface area contributed by atoms with Crippen molar-refractivity contribution in [3.63, 3.8) is 0 Å². The fourth-order valence-corrected chi connectivity index (χ4v) is 4.56. The number of fused-ring (bicyclic) bond motifs is 3. The first-order valence-corrected chi connectivity index (χ1v) is 10.6. The number of hydrogen-bond acceptors (Lipinski definition) is 2. The molecule has 2 nitrogen and oxygen atoms in total. The minimum absolute atomic E-state index is 0.511. The van der Waals surface area contributed by atoms with Gasteiger partial charge in [0.25, 0.3) is 0 Å². The maximum absolute atomic E-state index is 4.49. The van der Waals surface area contributed by atoms with Crippen molar-refractivity contribution in [1.29, 1.82) is 0 Å². The van der Waals surface area contributed by atoms with Gasteiger partial charge in [0.15, 0.2) is 0 Å². The molecule has 0 atom stereocenters. The van der Waals surface area contributed by atoms with Gasteiger partial charge in [-0.2, -0.15) is 0 Å². The molecule has 27 heavy (non-hydrogen) atoms. The predicted molar refractivity (Wildman–Crippen MR) is 115 cm³/mol. The lowest BCUT2D eigenvalue weighted by molar-refractivity contribution is 0.314. The Morgan fingerprint density at radius 2 is 1.67 bits per heavy atom. The third kappa shape index (κ3) is 3.96. The highest BCUT2D eigenvalue weighted by atomic mass is 15.2. The first-order valence-electron chi connectivity index (χ1n) is 10.6. The SMILES string of the molecule is C=C(CCC1c2ccccc2-c2ccccc21)N(CCCNCC)C1CC1. The summed E-state index contributed by atoms with van der Waals surface area (Å²) in [4.78, 5) is 2.60. The Bertz CT molecular complexity index is 745. The molecule has 0 bridgehead atoms. The van der Waals surface area contributed by atoms with Gasteiger partial charge in [-0.05, 0) is 67.4 Å². The second-order valence-electron chi connectivity index (χ2n) is 7.96. The van der Waals surface area contributed by atoms with Crippen LogP contribution in [0.25, 0.3) is 11.1 Å². The first kappa shape index (κ1) is 18.3. The number of hydrogen-bond donors (Lipinski definition) is 1. The Balaban J connectivity index is 1.42. The van der Waals surface area contributed by atoms with E-state index < -0.39 is 0 Å². The van der Waals surface area contributed by atoms with Crippen LogP contribution < -0.4 is 5.32 Å². The molecule has 2 aliphatic rings. The molecule has 0 saturated heterocycles. The molecule has 2 aromatic rings. The fourth-order valence-electron chi connectivity index (χ4n) is 4.56. The van der Waals surface area contributed by atoms with Crippen LogP contribution >= 0.6 is 0 Å². The second-order valence-corrected chi connectivity index (χ2v) is 7.96. The highest BCUT2D eigenvalue weighted by Gasteiger charge is 2.31. The molecule has 2 heteroatoms. The van der Waals surface area contributed by atoms with Gasteiger partial charge < -0.3 is 10.2 Å². The molecule has 0 unspecified atom stereocenters. The molecular weight excluding hydrogens is 328 g/mol. The summed E-state index contributed by atoms with van der Waals surface area (Å²) in [5, 5.41) is 3.44. The molecule has 1 fully saturated rings. The molecule has 0 radical (unpaired) electrons. The molecule has 2 aliphatic carbocycles. The van der Waals surface area contributed by atoms with Gasteiger partial charge in [-0.15, -0.1) is 0 Å². The van der Waals surface area contributed by atoms with Gasteiger partial charge in [0.2, 0.25) is 0 Å². The van der Waals surface area contributed by atoms with Crippen molar-refractivity contribution < 1.29 is 0 Å². The van der Waals surface area contributed by atoms with Crippen molar-refractivity contribution in [2.24, 2.45) is 0 Å². The number of allylic oxidation sites excluding steroid dienone is 1.